The van der Waals surface area contributed by atoms with Gasteiger partial charge in [0.25, 0.3) is 0 Å². The Hall–Kier alpha value is -1.06. The van der Waals surface area contributed by atoms with Gasteiger partial charge in [-0.3, -0.25) is 9.59 Å². The minimum Gasteiger partial charge on any atom is -0.354 e. The molecule has 0 saturated heterocycles. The molecule has 0 saturated carbocycles. The second kappa shape index (κ2) is 9.02. The molecule has 100 valence electrons. The molecule has 2 amide bonds. The SMILES string of the molecule is CCCC(=O)NCCN(CCC(C)C)C(C)=O. The Balaban J connectivity index is 3.85. The fraction of sp³-hybridized carbons (Fsp3) is 0.846. The molecule has 0 aromatic heterocycles. The van der Waals surface area contributed by atoms with E-state index in [1.54, 1.807) is 11.8 Å². The highest BCUT2D eigenvalue weighted by Crippen LogP contribution is 2.02. The third-order valence-corrected chi connectivity index (χ3v) is 2.60. The van der Waals surface area contributed by atoms with Crippen molar-refractivity contribution < 1.29 is 9.59 Å². The van der Waals surface area contributed by atoms with Crippen LogP contribution in [0.5, 0.6) is 0 Å². The number of hydrogen-bond acceptors (Lipinski definition) is 2. The van der Waals surface area contributed by atoms with Crippen LogP contribution >= 0.6 is 0 Å². The molecular formula is C13H26N2O2. The Bertz CT molecular complexity index is 240. The van der Waals surface area contributed by atoms with Gasteiger partial charge >= 0.3 is 0 Å². The van der Waals surface area contributed by atoms with Crippen LogP contribution in [0.3, 0.4) is 0 Å². The molecule has 0 aliphatic heterocycles. The van der Waals surface area contributed by atoms with Crippen molar-refractivity contribution in [3.63, 3.8) is 0 Å². The van der Waals surface area contributed by atoms with E-state index in [1.807, 2.05) is 6.92 Å². The molecule has 4 heteroatoms. The van der Waals surface area contributed by atoms with Crippen molar-refractivity contribution in [2.24, 2.45) is 5.92 Å². The molecule has 0 spiro atoms. The van der Waals surface area contributed by atoms with Crippen molar-refractivity contribution in [3.05, 3.63) is 0 Å². The lowest BCUT2D eigenvalue weighted by molar-refractivity contribution is -0.129. The number of nitrogens with one attached hydrogen (secondary N) is 1. The van der Waals surface area contributed by atoms with E-state index in [2.05, 4.69) is 19.2 Å². The van der Waals surface area contributed by atoms with Crippen LogP contribution in [0.2, 0.25) is 0 Å². The molecule has 4 nitrogen and oxygen atoms in total. The first-order valence-electron chi connectivity index (χ1n) is 6.49. The number of hydrogen-bond donors (Lipinski definition) is 1. The highest BCUT2D eigenvalue weighted by Gasteiger charge is 2.09. The van der Waals surface area contributed by atoms with Gasteiger partial charge in [0.2, 0.25) is 11.8 Å². The summed E-state index contributed by atoms with van der Waals surface area (Å²) in [6.07, 6.45) is 2.42. The van der Waals surface area contributed by atoms with E-state index in [0.29, 0.717) is 25.4 Å². The molecule has 17 heavy (non-hydrogen) atoms. The van der Waals surface area contributed by atoms with Crippen LogP contribution in [0.1, 0.15) is 47.0 Å². The van der Waals surface area contributed by atoms with E-state index in [9.17, 15) is 9.59 Å². The molecule has 0 atom stereocenters. The van der Waals surface area contributed by atoms with Crippen LogP contribution in [0.15, 0.2) is 0 Å². The number of nitrogens with zero attached hydrogens (tertiary/aromatic N) is 1. The zero-order valence-electron chi connectivity index (χ0n) is 11.6. The molecule has 0 heterocycles. The highest BCUT2D eigenvalue weighted by molar-refractivity contribution is 5.76. The van der Waals surface area contributed by atoms with E-state index in [0.717, 1.165) is 19.4 Å². The fourth-order valence-electron chi connectivity index (χ4n) is 1.49. The van der Waals surface area contributed by atoms with Gasteiger partial charge < -0.3 is 10.2 Å². The smallest absolute Gasteiger partial charge is 0.220 e. The zero-order chi connectivity index (χ0) is 13.3. The lowest BCUT2D eigenvalue weighted by Gasteiger charge is -2.22. The van der Waals surface area contributed by atoms with Crippen molar-refractivity contribution in [1.82, 2.24) is 10.2 Å². The summed E-state index contributed by atoms with van der Waals surface area (Å²) in [6.45, 7) is 9.77. The summed E-state index contributed by atoms with van der Waals surface area (Å²) in [6, 6.07) is 0. The first-order chi connectivity index (χ1) is 7.97. The van der Waals surface area contributed by atoms with E-state index in [1.165, 1.54) is 0 Å². The average molecular weight is 242 g/mol. The first-order valence-corrected chi connectivity index (χ1v) is 6.49. The van der Waals surface area contributed by atoms with Crippen LogP contribution in [0, 0.1) is 5.92 Å². The second-order valence-electron chi connectivity index (χ2n) is 4.79. The number of amides is 2. The summed E-state index contributed by atoms with van der Waals surface area (Å²) in [4.78, 5) is 24.4. The van der Waals surface area contributed by atoms with Crippen LogP contribution in [-0.4, -0.2) is 36.3 Å². The van der Waals surface area contributed by atoms with Gasteiger partial charge in [-0.2, -0.15) is 0 Å². The molecule has 1 N–H and O–H groups in total. The molecule has 0 aromatic carbocycles. The Morgan fingerprint density at radius 2 is 1.88 bits per heavy atom. The van der Waals surface area contributed by atoms with Crippen molar-refractivity contribution in [2.75, 3.05) is 19.6 Å². The summed E-state index contributed by atoms with van der Waals surface area (Å²) in [5, 5.41) is 2.82. The quantitative estimate of drug-likeness (QED) is 0.705. The molecule has 0 bridgehead atoms. The van der Waals surface area contributed by atoms with Crippen LogP contribution in [-0.2, 0) is 9.59 Å². The van der Waals surface area contributed by atoms with Gasteiger partial charge in [-0.05, 0) is 18.8 Å². The predicted octanol–water partition coefficient (Wildman–Crippen LogP) is 1.80. The number of carbonyl (C=O) groups excluding carboxylic acids is 2. The van der Waals surface area contributed by atoms with E-state index in [4.69, 9.17) is 0 Å². The van der Waals surface area contributed by atoms with Crippen molar-refractivity contribution in [1.29, 1.82) is 0 Å². The molecule has 0 rings (SSSR count). The minimum atomic E-state index is 0.0693. The maximum Gasteiger partial charge on any atom is 0.220 e. The second-order valence-corrected chi connectivity index (χ2v) is 4.79. The third-order valence-electron chi connectivity index (χ3n) is 2.60. The topological polar surface area (TPSA) is 49.4 Å². The normalized spacial score (nSPS) is 10.4. The Morgan fingerprint density at radius 3 is 2.35 bits per heavy atom. The highest BCUT2D eigenvalue weighted by atomic mass is 16.2. The molecule has 0 unspecified atom stereocenters. The molecule has 0 aliphatic rings. The van der Waals surface area contributed by atoms with Crippen LogP contribution in [0.25, 0.3) is 0 Å². The van der Waals surface area contributed by atoms with Crippen molar-refractivity contribution >= 4 is 11.8 Å². The average Bonchev–Trinajstić information content (AvgIpc) is 2.22. The van der Waals surface area contributed by atoms with Crippen LogP contribution < -0.4 is 5.32 Å². The zero-order valence-corrected chi connectivity index (χ0v) is 11.6. The fourth-order valence-corrected chi connectivity index (χ4v) is 1.49. The van der Waals surface area contributed by atoms with Crippen molar-refractivity contribution in [3.8, 4) is 0 Å². The van der Waals surface area contributed by atoms with E-state index in [-0.39, 0.29) is 11.8 Å². The molecule has 0 radical (unpaired) electrons. The van der Waals surface area contributed by atoms with Crippen molar-refractivity contribution in [2.45, 2.75) is 47.0 Å². The summed E-state index contributed by atoms with van der Waals surface area (Å²) >= 11 is 0. The summed E-state index contributed by atoms with van der Waals surface area (Å²) in [7, 11) is 0. The molecule has 0 aromatic rings. The van der Waals surface area contributed by atoms with E-state index < -0.39 is 0 Å². The standard InChI is InChI=1S/C13H26N2O2/c1-5-6-13(17)14-8-10-15(12(4)16)9-7-11(2)3/h11H,5-10H2,1-4H3,(H,14,17). The first kappa shape index (κ1) is 15.9. The maximum absolute atomic E-state index is 11.4. The minimum absolute atomic E-state index is 0.0693. The summed E-state index contributed by atoms with van der Waals surface area (Å²) < 4.78 is 0. The maximum atomic E-state index is 11.4. The summed E-state index contributed by atoms with van der Waals surface area (Å²) in [5.41, 5.74) is 0. The molecule has 0 fully saturated rings. The van der Waals surface area contributed by atoms with Gasteiger partial charge in [-0.1, -0.05) is 20.8 Å². The Kier molecular flexibility index (Phi) is 8.46. The Labute approximate surface area is 105 Å². The lowest BCUT2D eigenvalue weighted by atomic mass is 10.1. The lowest BCUT2D eigenvalue weighted by Crippen LogP contribution is -2.38. The van der Waals surface area contributed by atoms with Crippen LogP contribution in [0.4, 0.5) is 0 Å². The van der Waals surface area contributed by atoms with E-state index >= 15 is 0 Å². The van der Waals surface area contributed by atoms with Gasteiger partial charge in [-0.25, -0.2) is 0 Å². The Morgan fingerprint density at radius 1 is 1.24 bits per heavy atom. The van der Waals surface area contributed by atoms with Gasteiger partial charge in [0.15, 0.2) is 0 Å². The van der Waals surface area contributed by atoms with Gasteiger partial charge in [0, 0.05) is 33.0 Å². The monoisotopic (exact) mass is 242 g/mol. The van der Waals surface area contributed by atoms with Gasteiger partial charge in [-0.15, -0.1) is 0 Å². The number of carbonyl (C=O) groups is 2. The summed E-state index contributed by atoms with van der Waals surface area (Å²) in [5.74, 6) is 0.738. The largest absolute Gasteiger partial charge is 0.354 e. The third kappa shape index (κ3) is 8.72. The van der Waals surface area contributed by atoms with Gasteiger partial charge in [0.1, 0.15) is 0 Å². The predicted molar refractivity (Wildman–Crippen MR) is 69.6 cm³/mol. The molecular weight excluding hydrogens is 216 g/mol. The van der Waals surface area contributed by atoms with Gasteiger partial charge in [0.05, 0.1) is 0 Å². The molecule has 0 aliphatic carbocycles. The number of rotatable bonds is 8.